The number of ether oxygens (including phenoxy) is 1. The first-order chi connectivity index (χ1) is 7.70. The highest BCUT2D eigenvalue weighted by molar-refractivity contribution is 5.20. The minimum atomic E-state index is -2.39. The molecule has 0 saturated carbocycles. The van der Waals surface area contributed by atoms with Crippen LogP contribution in [0.5, 0.6) is 0 Å². The highest BCUT2D eigenvalue weighted by Gasteiger charge is 2.01. The molecule has 0 radical (unpaired) electrons. The van der Waals surface area contributed by atoms with Crippen molar-refractivity contribution in [1.29, 1.82) is 0 Å². The molecule has 0 amide bonds. The lowest BCUT2D eigenvalue weighted by molar-refractivity contribution is 0.0187. The lowest BCUT2D eigenvalue weighted by atomic mass is 10.2. The van der Waals surface area contributed by atoms with Crippen molar-refractivity contribution >= 4 is 0 Å². The minimum Gasteiger partial charge on any atom is -0.374 e. The first-order valence-corrected chi connectivity index (χ1v) is 5.16. The summed E-state index contributed by atoms with van der Waals surface area (Å²) in [7, 11) is 0. The van der Waals surface area contributed by atoms with Gasteiger partial charge in [0.25, 0.3) is 6.43 Å². The Balaban J connectivity index is 2.10. The lowest BCUT2D eigenvalue weighted by Crippen LogP contribution is -2.21. The maximum atomic E-state index is 11.7. The third-order valence-electron chi connectivity index (χ3n) is 2.13. The summed E-state index contributed by atoms with van der Waals surface area (Å²) in [5.41, 5.74) is 2.27. The molecule has 0 unspecified atom stereocenters. The number of halogens is 2. The number of pyridine rings is 1. The van der Waals surface area contributed by atoms with Gasteiger partial charge in [0.2, 0.25) is 0 Å². The second-order valence-electron chi connectivity index (χ2n) is 3.44. The van der Waals surface area contributed by atoms with Crippen molar-refractivity contribution < 1.29 is 13.5 Å². The van der Waals surface area contributed by atoms with Crippen LogP contribution in [-0.2, 0) is 11.3 Å². The standard InChI is InChI=1S/C11H16F2N2O/c1-9-2-3-14-6-10(9)7-15-4-5-16-8-11(12)13/h2-3,6,11,15H,4-5,7-8H2,1H3. The Labute approximate surface area is 93.8 Å². The smallest absolute Gasteiger partial charge is 0.261 e. The molecule has 16 heavy (non-hydrogen) atoms. The van der Waals surface area contributed by atoms with Crippen molar-refractivity contribution in [3.05, 3.63) is 29.6 Å². The lowest BCUT2D eigenvalue weighted by Gasteiger charge is -2.07. The molecular weight excluding hydrogens is 214 g/mol. The van der Waals surface area contributed by atoms with E-state index < -0.39 is 13.0 Å². The van der Waals surface area contributed by atoms with Crippen LogP contribution in [0, 0.1) is 6.92 Å². The summed E-state index contributed by atoms with van der Waals surface area (Å²) in [4.78, 5) is 4.01. The van der Waals surface area contributed by atoms with Gasteiger partial charge in [0.15, 0.2) is 0 Å². The van der Waals surface area contributed by atoms with Crippen LogP contribution >= 0.6 is 0 Å². The van der Waals surface area contributed by atoms with Crippen LogP contribution in [0.25, 0.3) is 0 Å². The molecule has 0 aliphatic carbocycles. The van der Waals surface area contributed by atoms with Gasteiger partial charge in [0.05, 0.1) is 6.61 Å². The van der Waals surface area contributed by atoms with Crippen molar-refractivity contribution in [2.45, 2.75) is 19.9 Å². The summed E-state index contributed by atoms with van der Waals surface area (Å²) in [6, 6.07) is 1.93. The number of hydrogen-bond donors (Lipinski definition) is 1. The SMILES string of the molecule is Cc1ccncc1CNCCOCC(F)F. The van der Waals surface area contributed by atoms with E-state index in [9.17, 15) is 8.78 Å². The molecule has 90 valence electrons. The molecule has 0 atom stereocenters. The summed E-state index contributed by atoms with van der Waals surface area (Å²) in [6.45, 7) is 3.04. The van der Waals surface area contributed by atoms with E-state index in [1.54, 1.807) is 12.4 Å². The van der Waals surface area contributed by atoms with E-state index in [0.717, 1.165) is 11.1 Å². The van der Waals surface area contributed by atoms with Crippen molar-refractivity contribution in [3.8, 4) is 0 Å². The highest BCUT2D eigenvalue weighted by Crippen LogP contribution is 2.03. The van der Waals surface area contributed by atoms with Gasteiger partial charge < -0.3 is 10.1 Å². The van der Waals surface area contributed by atoms with Crippen LogP contribution in [0.15, 0.2) is 18.5 Å². The Morgan fingerprint density at radius 1 is 1.50 bits per heavy atom. The molecule has 1 rings (SSSR count). The third kappa shape index (κ3) is 5.14. The zero-order valence-electron chi connectivity index (χ0n) is 9.25. The third-order valence-corrected chi connectivity index (χ3v) is 2.13. The van der Waals surface area contributed by atoms with Gasteiger partial charge in [-0.25, -0.2) is 8.78 Å². The molecule has 1 aromatic rings. The van der Waals surface area contributed by atoms with E-state index in [0.29, 0.717) is 19.7 Å². The summed E-state index contributed by atoms with van der Waals surface area (Å²) in [5.74, 6) is 0. The Morgan fingerprint density at radius 3 is 3.00 bits per heavy atom. The van der Waals surface area contributed by atoms with Gasteiger partial charge in [-0.15, -0.1) is 0 Å². The second-order valence-corrected chi connectivity index (χ2v) is 3.44. The Kier molecular flexibility index (Phi) is 5.88. The number of aryl methyl sites for hydroxylation is 1. The molecule has 0 aliphatic heterocycles. The molecule has 1 heterocycles. The van der Waals surface area contributed by atoms with E-state index in [1.807, 2.05) is 13.0 Å². The summed E-state index contributed by atoms with van der Waals surface area (Å²) < 4.78 is 28.2. The molecular formula is C11H16F2N2O. The quantitative estimate of drug-likeness (QED) is 0.725. The van der Waals surface area contributed by atoms with Gasteiger partial charge in [-0.2, -0.15) is 0 Å². The van der Waals surface area contributed by atoms with Gasteiger partial charge in [0.1, 0.15) is 6.61 Å². The summed E-state index contributed by atoms with van der Waals surface area (Å²) in [6.07, 6.45) is 1.15. The maximum Gasteiger partial charge on any atom is 0.261 e. The summed E-state index contributed by atoms with van der Waals surface area (Å²) >= 11 is 0. The van der Waals surface area contributed by atoms with Crippen LogP contribution in [-0.4, -0.2) is 31.2 Å². The maximum absolute atomic E-state index is 11.7. The number of rotatable bonds is 7. The fraction of sp³-hybridized carbons (Fsp3) is 0.545. The van der Waals surface area contributed by atoms with Gasteiger partial charge >= 0.3 is 0 Å². The number of nitrogens with one attached hydrogen (secondary N) is 1. The van der Waals surface area contributed by atoms with E-state index in [-0.39, 0.29) is 0 Å². The molecule has 0 saturated heterocycles. The molecule has 0 spiro atoms. The molecule has 1 aromatic heterocycles. The van der Waals surface area contributed by atoms with Gasteiger partial charge in [0, 0.05) is 25.5 Å². The Morgan fingerprint density at radius 2 is 2.31 bits per heavy atom. The predicted octanol–water partition coefficient (Wildman–Crippen LogP) is 1.76. The van der Waals surface area contributed by atoms with Crippen LogP contribution in [0.2, 0.25) is 0 Å². The number of hydrogen-bond acceptors (Lipinski definition) is 3. The average molecular weight is 230 g/mol. The van der Waals surface area contributed by atoms with E-state index in [1.165, 1.54) is 0 Å². The van der Waals surface area contributed by atoms with Crippen LogP contribution in [0.1, 0.15) is 11.1 Å². The molecule has 3 nitrogen and oxygen atoms in total. The topological polar surface area (TPSA) is 34.2 Å². The van der Waals surface area contributed by atoms with Crippen molar-refractivity contribution in [3.63, 3.8) is 0 Å². The van der Waals surface area contributed by atoms with Crippen LogP contribution < -0.4 is 5.32 Å². The Bertz CT molecular complexity index is 308. The minimum absolute atomic E-state index is 0.295. The largest absolute Gasteiger partial charge is 0.374 e. The van der Waals surface area contributed by atoms with Crippen molar-refractivity contribution in [2.24, 2.45) is 0 Å². The molecule has 0 aromatic carbocycles. The monoisotopic (exact) mass is 230 g/mol. The first kappa shape index (κ1) is 13.0. The predicted molar refractivity (Wildman–Crippen MR) is 57.5 cm³/mol. The van der Waals surface area contributed by atoms with Crippen molar-refractivity contribution in [2.75, 3.05) is 19.8 Å². The number of aromatic nitrogens is 1. The van der Waals surface area contributed by atoms with Gasteiger partial charge in [-0.1, -0.05) is 0 Å². The zero-order chi connectivity index (χ0) is 11.8. The summed E-state index contributed by atoms with van der Waals surface area (Å²) in [5, 5.41) is 3.11. The van der Waals surface area contributed by atoms with E-state index in [4.69, 9.17) is 4.74 Å². The number of nitrogens with zero attached hydrogens (tertiary/aromatic N) is 1. The van der Waals surface area contributed by atoms with Gasteiger partial charge in [-0.3, -0.25) is 4.98 Å². The molecule has 0 bridgehead atoms. The van der Waals surface area contributed by atoms with E-state index in [2.05, 4.69) is 10.3 Å². The van der Waals surface area contributed by atoms with Gasteiger partial charge in [-0.05, 0) is 24.1 Å². The number of alkyl halides is 2. The Hall–Kier alpha value is -1.07. The molecule has 0 fully saturated rings. The molecule has 0 aliphatic rings. The average Bonchev–Trinajstić information content (AvgIpc) is 2.25. The normalized spacial score (nSPS) is 11.0. The van der Waals surface area contributed by atoms with Crippen LogP contribution in [0.3, 0.4) is 0 Å². The highest BCUT2D eigenvalue weighted by atomic mass is 19.3. The first-order valence-electron chi connectivity index (χ1n) is 5.16. The fourth-order valence-electron chi connectivity index (χ4n) is 1.22. The van der Waals surface area contributed by atoms with Crippen molar-refractivity contribution in [1.82, 2.24) is 10.3 Å². The van der Waals surface area contributed by atoms with E-state index >= 15 is 0 Å². The molecule has 1 N–H and O–H groups in total. The zero-order valence-corrected chi connectivity index (χ0v) is 9.25. The van der Waals surface area contributed by atoms with Crippen LogP contribution in [0.4, 0.5) is 8.78 Å². The second kappa shape index (κ2) is 7.24. The molecule has 5 heteroatoms. The fourth-order valence-corrected chi connectivity index (χ4v) is 1.22.